The molecule has 0 aliphatic carbocycles. The number of nitrogens with zero attached hydrogens (tertiary/aromatic N) is 4. The minimum atomic E-state index is -1.05. The maximum atomic E-state index is 12.9. The fraction of sp³-hybridized carbons (Fsp3) is 0.150. The van der Waals surface area contributed by atoms with Crippen LogP contribution < -0.4 is 5.32 Å². The van der Waals surface area contributed by atoms with E-state index in [1.165, 1.54) is 18.2 Å². The Hall–Kier alpha value is -3.23. The Labute approximate surface area is 181 Å². The predicted molar refractivity (Wildman–Crippen MR) is 114 cm³/mol. The van der Waals surface area contributed by atoms with Crippen molar-refractivity contribution >= 4 is 46.2 Å². The number of nitro benzene ring substituents is 1. The van der Waals surface area contributed by atoms with E-state index in [1.807, 2.05) is 19.1 Å². The van der Waals surface area contributed by atoms with Gasteiger partial charge < -0.3 is 9.88 Å². The molecule has 10 heteroatoms. The summed E-state index contributed by atoms with van der Waals surface area (Å²) in [6, 6.07) is 13.1. The van der Waals surface area contributed by atoms with Crippen LogP contribution in [0, 0.1) is 17.0 Å². The summed E-state index contributed by atoms with van der Waals surface area (Å²) >= 11 is 12.3. The van der Waals surface area contributed by atoms with Crippen LogP contribution in [-0.2, 0) is 4.79 Å². The second kappa shape index (κ2) is 7.89. The first-order chi connectivity index (χ1) is 14.3. The first-order valence-electron chi connectivity index (χ1n) is 8.91. The Morgan fingerprint density at radius 3 is 2.73 bits per heavy atom. The molecular weight excluding hydrogens is 429 g/mol. The summed E-state index contributed by atoms with van der Waals surface area (Å²) in [6.07, 6.45) is 0.629. The number of non-ortho nitro benzene ring substituents is 1. The standard InChI is InChI=1S/C20H15Cl2N5O3/c1-11-5-6-16-15(9-11)17-14(18(21)22)7-8-26(17)19(20(28)23-16)25-24-12-3-2-4-13(10-12)27(29)30/h2-10,18-19H,1H3,(H,23,28)/t19-/m1/s1. The number of rotatable bonds is 4. The average Bonchev–Trinajstić information content (AvgIpc) is 3.10. The van der Waals surface area contributed by atoms with Gasteiger partial charge in [0.15, 0.2) is 0 Å². The number of anilines is 1. The van der Waals surface area contributed by atoms with Crippen molar-refractivity contribution in [3.63, 3.8) is 0 Å². The van der Waals surface area contributed by atoms with E-state index < -0.39 is 21.8 Å². The summed E-state index contributed by atoms with van der Waals surface area (Å²) in [7, 11) is 0. The van der Waals surface area contributed by atoms with Crippen LogP contribution in [0.4, 0.5) is 17.1 Å². The summed E-state index contributed by atoms with van der Waals surface area (Å²) in [4.78, 5) is 22.6. The topological polar surface area (TPSA) is 102 Å². The number of carbonyl (C=O) groups is 1. The summed E-state index contributed by atoms with van der Waals surface area (Å²) < 4.78 is 1.65. The van der Waals surface area contributed by atoms with Crippen LogP contribution in [-0.4, -0.2) is 15.4 Å². The van der Waals surface area contributed by atoms with Crippen molar-refractivity contribution in [2.45, 2.75) is 17.9 Å². The number of alkyl halides is 2. The van der Waals surface area contributed by atoms with Crippen molar-refractivity contribution in [2.75, 3.05) is 5.32 Å². The molecule has 1 aliphatic rings. The number of aryl methyl sites for hydroxylation is 1. The van der Waals surface area contributed by atoms with Gasteiger partial charge in [0.25, 0.3) is 11.6 Å². The molecule has 1 atom stereocenters. The van der Waals surface area contributed by atoms with Crippen molar-refractivity contribution in [3.8, 4) is 11.3 Å². The van der Waals surface area contributed by atoms with Gasteiger partial charge in [0.05, 0.1) is 22.0 Å². The Kier molecular flexibility index (Phi) is 5.27. The van der Waals surface area contributed by atoms with Gasteiger partial charge in [-0.05, 0) is 31.2 Å². The highest BCUT2D eigenvalue weighted by Gasteiger charge is 2.31. The Bertz CT molecular complexity index is 1190. The van der Waals surface area contributed by atoms with Crippen LogP contribution in [0.15, 0.2) is 65.0 Å². The van der Waals surface area contributed by atoms with Crippen molar-refractivity contribution in [1.82, 2.24) is 4.57 Å². The molecule has 0 bridgehead atoms. The average molecular weight is 444 g/mol. The normalized spacial score (nSPS) is 15.6. The van der Waals surface area contributed by atoms with Gasteiger partial charge in [-0.2, -0.15) is 10.2 Å². The summed E-state index contributed by atoms with van der Waals surface area (Å²) in [5.41, 5.74) is 3.81. The van der Waals surface area contributed by atoms with E-state index in [0.29, 0.717) is 16.9 Å². The number of nitro groups is 1. The lowest BCUT2D eigenvalue weighted by atomic mass is 10.0. The number of hydrogen-bond donors (Lipinski definition) is 1. The van der Waals surface area contributed by atoms with Gasteiger partial charge in [-0.1, -0.05) is 40.9 Å². The highest BCUT2D eigenvalue weighted by Crippen LogP contribution is 2.42. The van der Waals surface area contributed by atoms with Crippen LogP contribution in [0.2, 0.25) is 0 Å². The number of hydrogen-bond acceptors (Lipinski definition) is 5. The zero-order valence-electron chi connectivity index (χ0n) is 15.6. The summed E-state index contributed by atoms with van der Waals surface area (Å²) in [5, 5.41) is 22.1. The molecule has 1 N–H and O–H groups in total. The maximum absolute atomic E-state index is 12.9. The third-order valence-corrected chi connectivity index (χ3v) is 5.16. The van der Waals surface area contributed by atoms with Gasteiger partial charge in [-0.15, -0.1) is 0 Å². The predicted octanol–water partition coefficient (Wildman–Crippen LogP) is 6.08. The Morgan fingerprint density at radius 2 is 2.00 bits per heavy atom. The number of benzene rings is 2. The van der Waals surface area contributed by atoms with Gasteiger partial charge in [0.2, 0.25) is 6.17 Å². The SMILES string of the molecule is Cc1ccc2c(c1)-c1c(C(Cl)Cl)ccn1[C@@H](N=Nc1cccc([N+](=O)[O-])c1)C(=O)N2. The van der Waals surface area contributed by atoms with Crippen molar-refractivity contribution < 1.29 is 9.72 Å². The number of amides is 1. The molecule has 8 nitrogen and oxygen atoms in total. The van der Waals surface area contributed by atoms with Gasteiger partial charge in [-0.3, -0.25) is 14.9 Å². The summed E-state index contributed by atoms with van der Waals surface area (Å²) in [6.45, 7) is 1.94. The molecule has 0 saturated heterocycles. The molecular formula is C20H15Cl2N5O3. The third kappa shape index (κ3) is 3.67. The molecule has 1 amide bonds. The minimum Gasteiger partial charge on any atom is -0.322 e. The fourth-order valence-corrected chi connectivity index (χ4v) is 3.67. The zero-order chi connectivity index (χ0) is 21.4. The van der Waals surface area contributed by atoms with Crippen LogP contribution in [0.25, 0.3) is 11.3 Å². The van der Waals surface area contributed by atoms with E-state index >= 15 is 0 Å². The highest BCUT2D eigenvalue weighted by atomic mass is 35.5. The van der Waals surface area contributed by atoms with Gasteiger partial charge >= 0.3 is 0 Å². The van der Waals surface area contributed by atoms with E-state index in [0.717, 1.165) is 11.1 Å². The van der Waals surface area contributed by atoms with Crippen LogP contribution in [0.5, 0.6) is 0 Å². The molecule has 0 radical (unpaired) electrons. The first-order valence-corrected chi connectivity index (χ1v) is 9.78. The number of aromatic nitrogens is 1. The molecule has 2 heterocycles. The van der Waals surface area contributed by atoms with E-state index in [-0.39, 0.29) is 11.4 Å². The van der Waals surface area contributed by atoms with E-state index in [2.05, 4.69) is 15.5 Å². The molecule has 1 aliphatic heterocycles. The molecule has 3 aromatic rings. The zero-order valence-corrected chi connectivity index (χ0v) is 17.1. The van der Waals surface area contributed by atoms with Crippen LogP contribution >= 0.6 is 23.2 Å². The lowest BCUT2D eigenvalue weighted by molar-refractivity contribution is -0.384. The lowest BCUT2D eigenvalue weighted by Crippen LogP contribution is -2.22. The number of fused-ring (bicyclic) bond motifs is 3. The van der Waals surface area contributed by atoms with Crippen LogP contribution in [0.1, 0.15) is 22.1 Å². The van der Waals surface area contributed by atoms with E-state index in [4.69, 9.17) is 23.2 Å². The van der Waals surface area contributed by atoms with Crippen molar-refractivity contribution in [1.29, 1.82) is 0 Å². The smallest absolute Gasteiger partial charge is 0.272 e. The van der Waals surface area contributed by atoms with Gasteiger partial charge in [-0.25, -0.2) is 0 Å². The number of halogens is 2. The quantitative estimate of drug-likeness (QED) is 0.228. The van der Waals surface area contributed by atoms with E-state index in [1.54, 1.807) is 29.0 Å². The number of azo groups is 1. The molecule has 0 unspecified atom stereocenters. The minimum absolute atomic E-state index is 0.115. The summed E-state index contributed by atoms with van der Waals surface area (Å²) in [5.74, 6) is -0.407. The third-order valence-electron chi connectivity index (χ3n) is 4.69. The molecule has 0 saturated carbocycles. The highest BCUT2D eigenvalue weighted by molar-refractivity contribution is 6.44. The maximum Gasteiger partial charge on any atom is 0.272 e. The van der Waals surface area contributed by atoms with Crippen molar-refractivity contribution in [3.05, 3.63) is 76.0 Å². The second-order valence-corrected chi connectivity index (χ2v) is 7.83. The Morgan fingerprint density at radius 1 is 1.20 bits per heavy atom. The second-order valence-electron chi connectivity index (χ2n) is 6.73. The molecule has 30 heavy (non-hydrogen) atoms. The largest absolute Gasteiger partial charge is 0.322 e. The number of nitrogens with one attached hydrogen (secondary N) is 1. The molecule has 4 rings (SSSR count). The Balaban J connectivity index is 1.82. The van der Waals surface area contributed by atoms with Crippen molar-refractivity contribution in [2.24, 2.45) is 10.2 Å². The van der Waals surface area contributed by atoms with Gasteiger partial charge in [0, 0.05) is 29.5 Å². The van der Waals surface area contributed by atoms with Gasteiger partial charge in [0.1, 0.15) is 4.84 Å². The monoisotopic (exact) mass is 443 g/mol. The molecule has 152 valence electrons. The fourth-order valence-electron chi connectivity index (χ4n) is 3.32. The van der Waals surface area contributed by atoms with E-state index in [9.17, 15) is 14.9 Å². The van der Waals surface area contributed by atoms with Crippen LogP contribution in [0.3, 0.4) is 0 Å². The molecule has 0 fully saturated rings. The lowest BCUT2D eigenvalue weighted by Gasteiger charge is -2.14. The molecule has 1 aromatic heterocycles. The first kappa shape index (κ1) is 20.1. The molecule has 2 aromatic carbocycles. The molecule has 0 spiro atoms. The number of carbonyl (C=O) groups excluding carboxylic acids is 1.